The Morgan fingerprint density at radius 3 is 2.56 bits per heavy atom. The minimum atomic E-state index is -0.929. The van der Waals surface area contributed by atoms with Crippen LogP contribution in [-0.2, 0) is 4.79 Å². The molecule has 7 heteroatoms. The van der Waals surface area contributed by atoms with Crippen LogP contribution >= 0.6 is 0 Å². The molecule has 0 saturated heterocycles. The zero-order valence-electron chi connectivity index (χ0n) is 14.9. The zero-order chi connectivity index (χ0) is 19.4. The summed E-state index contributed by atoms with van der Waals surface area (Å²) in [6.45, 7) is 1.70. The summed E-state index contributed by atoms with van der Waals surface area (Å²) in [6, 6.07) is 10.3. The quantitative estimate of drug-likeness (QED) is 0.698. The van der Waals surface area contributed by atoms with Gasteiger partial charge in [0.2, 0.25) is 5.91 Å². The topological polar surface area (TPSA) is 70.2 Å². The minimum absolute atomic E-state index is 0.0429. The van der Waals surface area contributed by atoms with E-state index in [0.29, 0.717) is 16.8 Å². The van der Waals surface area contributed by atoms with E-state index in [-0.39, 0.29) is 30.4 Å². The molecule has 5 nitrogen and oxygen atoms in total. The SMILES string of the molecule is C[C@H](NCC(=O)Nc1ccccc1C(=O)NC1CC1)c1ccc(F)c(F)c1. The lowest BCUT2D eigenvalue weighted by Gasteiger charge is -2.15. The van der Waals surface area contributed by atoms with Crippen molar-refractivity contribution in [3.05, 3.63) is 65.2 Å². The van der Waals surface area contributed by atoms with Crippen molar-refractivity contribution in [3.63, 3.8) is 0 Å². The molecule has 0 spiro atoms. The number of anilines is 1. The lowest BCUT2D eigenvalue weighted by atomic mass is 10.1. The fraction of sp³-hybridized carbons (Fsp3) is 0.300. The molecule has 0 heterocycles. The third kappa shape index (κ3) is 5.10. The van der Waals surface area contributed by atoms with E-state index in [9.17, 15) is 18.4 Å². The molecule has 0 unspecified atom stereocenters. The smallest absolute Gasteiger partial charge is 0.253 e. The van der Waals surface area contributed by atoms with Crippen LogP contribution in [0, 0.1) is 11.6 Å². The third-order valence-electron chi connectivity index (χ3n) is 4.37. The summed E-state index contributed by atoms with van der Waals surface area (Å²) >= 11 is 0. The summed E-state index contributed by atoms with van der Waals surface area (Å²) < 4.78 is 26.3. The van der Waals surface area contributed by atoms with Crippen molar-refractivity contribution >= 4 is 17.5 Å². The van der Waals surface area contributed by atoms with Crippen LogP contribution in [0.3, 0.4) is 0 Å². The van der Waals surface area contributed by atoms with Gasteiger partial charge in [-0.2, -0.15) is 0 Å². The molecule has 0 bridgehead atoms. The van der Waals surface area contributed by atoms with Gasteiger partial charge in [0, 0.05) is 12.1 Å². The second kappa shape index (κ2) is 8.26. The molecule has 0 aliphatic heterocycles. The Bertz CT molecular complexity index is 853. The van der Waals surface area contributed by atoms with Crippen molar-refractivity contribution < 1.29 is 18.4 Å². The number of nitrogens with one attached hydrogen (secondary N) is 3. The Morgan fingerprint density at radius 2 is 1.85 bits per heavy atom. The highest BCUT2D eigenvalue weighted by Crippen LogP contribution is 2.21. The Morgan fingerprint density at radius 1 is 1.11 bits per heavy atom. The molecule has 2 amide bonds. The lowest BCUT2D eigenvalue weighted by Crippen LogP contribution is -2.31. The Hall–Kier alpha value is -2.80. The van der Waals surface area contributed by atoms with Crippen molar-refractivity contribution in [1.29, 1.82) is 0 Å². The summed E-state index contributed by atoms with van der Waals surface area (Å²) in [5.41, 5.74) is 1.38. The van der Waals surface area contributed by atoms with Gasteiger partial charge in [-0.3, -0.25) is 9.59 Å². The predicted octanol–water partition coefficient (Wildman–Crippen LogP) is 3.15. The summed E-state index contributed by atoms with van der Waals surface area (Å²) in [4.78, 5) is 24.5. The van der Waals surface area contributed by atoms with Gasteiger partial charge in [-0.1, -0.05) is 18.2 Å². The van der Waals surface area contributed by atoms with Gasteiger partial charge in [-0.15, -0.1) is 0 Å². The first-order valence-corrected chi connectivity index (χ1v) is 8.82. The number of amides is 2. The maximum absolute atomic E-state index is 13.3. The zero-order valence-corrected chi connectivity index (χ0v) is 14.9. The fourth-order valence-electron chi connectivity index (χ4n) is 2.62. The van der Waals surface area contributed by atoms with Gasteiger partial charge in [0.25, 0.3) is 5.91 Å². The van der Waals surface area contributed by atoms with Crippen LogP contribution in [-0.4, -0.2) is 24.4 Å². The van der Waals surface area contributed by atoms with E-state index in [1.807, 2.05) is 0 Å². The highest BCUT2D eigenvalue weighted by molar-refractivity contribution is 6.04. The molecule has 2 aromatic rings. The number of hydrogen-bond acceptors (Lipinski definition) is 3. The molecule has 1 aliphatic rings. The normalized spacial score (nSPS) is 14.5. The Labute approximate surface area is 156 Å². The van der Waals surface area contributed by atoms with E-state index in [1.54, 1.807) is 31.2 Å². The minimum Gasteiger partial charge on any atom is -0.349 e. The molecule has 0 radical (unpaired) electrons. The second-order valence-corrected chi connectivity index (χ2v) is 6.62. The van der Waals surface area contributed by atoms with Crippen molar-refractivity contribution in [2.24, 2.45) is 0 Å². The van der Waals surface area contributed by atoms with E-state index in [4.69, 9.17) is 0 Å². The summed E-state index contributed by atoms with van der Waals surface area (Å²) in [5.74, 6) is -2.39. The van der Waals surface area contributed by atoms with Crippen molar-refractivity contribution in [3.8, 4) is 0 Å². The third-order valence-corrected chi connectivity index (χ3v) is 4.37. The molecular formula is C20H21F2N3O2. The number of para-hydroxylation sites is 1. The monoisotopic (exact) mass is 373 g/mol. The average Bonchev–Trinajstić information content (AvgIpc) is 3.46. The van der Waals surface area contributed by atoms with Gasteiger partial charge < -0.3 is 16.0 Å². The van der Waals surface area contributed by atoms with Gasteiger partial charge in [0.15, 0.2) is 11.6 Å². The largest absolute Gasteiger partial charge is 0.349 e. The predicted molar refractivity (Wildman–Crippen MR) is 98.3 cm³/mol. The number of carbonyl (C=O) groups is 2. The van der Waals surface area contributed by atoms with Gasteiger partial charge in [-0.05, 0) is 49.6 Å². The highest BCUT2D eigenvalue weighted by atomic mass is 19.2. The molecule has 142 valence electrons. The van der Waals surface area contributed by atoms with Crippen LogP contribution in [0.1, 0.15) is 41.7 Å². The molecule has 3 N–H and O–H groups in total. The molecule has 3 rings (SSSR count). The molecule has 27 heavy (non-hydrogen) atoms. The Kier molecular flexibility index (Phi) is 5.81. The molecule has 2 aromatic carbocycles. The number of carbonyl (C=O) groups excluding carboxylic acids is 2. The van der Waals surface area contributed by atoms with Crippen LogP contribution in [0.5, 0.6) is 0 Å². The van der Waals surface area contributed by atoms with Crippen molar-refractivity contribution in [1.82, 2.24) is 10.6 Å². The van der Waals surface area contributed by atoms with Gasteiger partial charge in [0.05, 0.1) is 17.8 Å². The molecule has 0 aromatic heterocycles. The van der Waals surface area contributed by atoms with Crippen LogP contribution in [0.4, 0.5) is 14.5 Å². The van der Waals surface area contributed by atoms with Crippen molar-refractivity contribution in [2.75, 3.05) is 11.9 Å². The van der Waals surface area contributed by atoms with E-state index in [1.165, 1.54) is 6.07 Å². The molecule has 1 saturated carbocycles. The molecule has 1 fully saturated rings. The molecule has 1 aliphatic carbocycles. The maximum Gasteiger partial charge on any atom is 0.253 e. The Balaban J connectivity index is 1.57. The number of rotatable bonds is 7. The lowest BCUT2D eigenvalue weighted by molar-refractivity contribution is -0.115. The summed E-state index contributed by atoms with van der Waals surface area (Å²) in [7, 11) is 0. The number of benzene rings is 2. The molecule has 1 atom stereocenters. The van der Waals surface area contributed by atoms with E-state index in [2.05, 4.69) is 16.0 Å². The fourth-order valence-corrected chi connectivity index (χ4v) is 2.62. The van der Waals surface area contributed by atoms with Crippen LogP contribution in [0.15, 0.2) is 42.5 Å². The van der Waals surface area contributed by atoms with E-state index < -0.39 is 11.6 Å². The van der Waals surface area contributed by atoms with Crippen LogP contribution in [0.2, 0.25) is 0 Å². The standard InChI is InChI=1S/C20H21F2N3O2/c1-12(13-6-9-16(21)17(22)10-13)23-11-19(26)25-18-5-3-2-4-15(18)20(27)24-14-7-8-14/h2-6,9-10,12,14,23H,7-8,11H2,1H3,(H,24,27)(H,25,26)/t12-/m0/s1. The first-order chi connectivity index (χ1) is 12.9. The van der Waals surface area contributed by atoms with Gasteiger partial charge in [-0.25, -0.2) is 8.78 Å². The van der Waals surface area contributed by atoms with Crippen LogP contribution < -0.4 is 16.0 Å². The van der Waals surface area contributed by atoms with Gasteiger partial charge >= 0.3 is 0 Å². The van der Waals surface area contributed by atoms with E-state index >= 15 is 0 Å². The summed E-state index contributed by atoms with van der Waals surface area (Å²) in [6.07, 6.45) is 1.96. The first-order valence-electron chi connectivity index (χ1n) is 8.82. The van der Waals surface area contributed by atoms with Gasteiger partial charge in [0.1, 0.15) is 0 Å². The number of halogens is 2. The van der Waals surface area contributed by atoms with Crippen molar-refractivity contribution in [2.45, 2.75) is 31.8 Å². The highest BCUT2D eigenvalue weighted by Gasteiger charge is 2.25. The average molecular weight is 373 g/mol. The second-order valence-electron chi connectivity index (χ2n) is 6.62. The molecular weight excluding hydrogens is 352 g/mol. The maximum atomic E-state index is 13.3. The van der Waals surface area contributed by atoms with Crippen LogP contribution in [0.25, 0.3) is 0 Å². The first kappa shape index (κ1) is 19.0. The number of hydrogen-bond donors (Lipinski definition) is 3. The summed E-state index contributed by atoms with van der Waals surface area (Å²) in [5, 5.41) is 8.56. The van der Waals surface area contributed by atoms with E-state index in [0.717, 1.165) is 25.0 Å².